The zero-order valence-electron chi connectivity index (χ0n) is 14.5. The van der Waals surface area contributed by atoms with Gasteiger partial charge in [-0.15, -0.1) is 0 Å². The first kappa shape index (κ1) is 18.7. The number of carbonyl (C=O) groups excluding carboxylic acids is 2. The van der Waals surface area contributed by atoms with Crippen LogP contribution in [0.5, 0.6) is 0 Å². The second-order valence-electron chi connectivity index (χ2n) is 6.51. The van der Waals surface area contributed by atoms with Crippen molar-refractivity contribution in [3.8, 4) is 0 Å². The molecule has 0 saturated heterocycles. The van der Waals surface area contributed by atoms with Gasteiger partial charge in [0.1, 0.15) is 17.5 Å². The number of Topliss-reactive ketones (excluding diaryl/α,β-unsaturated/α-hetero) is 1. The third-order valence-electron chi connectivity index (χ3n) is 4.32. The van der Waals surface area contributed by atoms with Crippen LogP contribution in [0.3, 0.4) is 0 Å². The number of aliphatic hydroxyl groups is 1. The molecule has 1 amide bonds. The Morgan fingerprint density at radius 2 is 1.67 bits per heavy atom. The minimum atomic E-state index is -1.34. The number of aliphatic hydroxyl groups excluding tert-OH is 1. The van der Waals surface area contributed by atoms with Gasteiger partial charge in [0.25, 0.3) is 5.91 Å². The first-order valence-corrected chi connectivity index (χ1v) is 8.23. The van der Waals surface area contributed by atoms with Crippen molar-refractivity contribution in [2.45, 2.75) is 19.9 Å². The molecule has 4 nitrogen and oxygen atoms in total. The summed E-state index contributed by atoms with van der Waals surface area (Å²) in [5.41, 5.74) is -0.600. The topological polar surface area (TPSA) is 57.6 Å². The lowest BCUT2D eigenvalue weighted by Crippen LogP contribution is -2.32. The van der Waals surface area contributed by atoms with E-state index < -0.39 is 46.9 Å². The Labute approximate surface area is 153 Å². The van der Waals surface area contributed by atoms with Gasteiger partial charge in [-0.1, -0.05) is 32.0 Å². The molecule has 2 aromatic rings. The largest absolute Gasteiger partial charge is 0.503 e. The summed E-state index contributed by atoms with van der Waals surface area (Å²) in [6, 6.07) is 6.45. The number of nitrogens with zero attached hydrogens (tertiary/aromatic N) is 1. The third kappa shape index (κ3) is 3.20. The molecule has 3 rings (SSSR count). The van der Waals surface area contributed by atoms with Crippen molar-refractivity contribution in [1.82, 2.24) is 0 Å². The number of hydrogen-bond acceptors (Lipinski definition) is 3. The highest BCUT2D eigenvalue weighted by Gasteiger charge is 2.45. The fourth-order valence-corrected chi connectivity index (χ4v) is 3.10. The van der Waals surface area contributed by atoms with Crippen LogP contribution in [0.1, 0.15) is 25.5 Å². The Morgan fingerprint density at radius 3 is 2.22 bits per heavy atom. The quantitative estimate of drug-likeness (QED) is 0.870. The van der Waals surface area contributed by atoms with Gasteiger partial charge in [-0.3, -0.25) is 14.5 Å². The number of ketones is 1. The van der Waals surface area contributed by atoms with E-state index in [-0.39, 0.29) is 16.8 Å². The SMILES string of the molecule is CC(C)C(=O)C1=C(O)C(=O)N(c2cc(F)cc(F)c2)[C@@H]1c1ccccc1F. The predicted octanol–water partition coefficient (Wildman–Crippen LogP) is 4.23. The van der Waals surface area contributed by atoms with Crippen LogP contribution < -0.4 is 4.90 Å². The zero-order valence-corrected chi connectivity index (χ0v) is 14.5. The average molecular weight is 375 g/mol. The van der Waals surface area contributed by atoms with E-state index in [1.54, 1.807) is 13.8 Å². The molecule has 0 fully saturated rings. The van der Waals surface area contributed by atoms with Crippen molar-refractivity contribution in [3.05, 3.63) is 76.8 Å². The highest BCUT2D eigenvalue weighted by atomic mass is 19.1. The van der Waals surface area contributed by atoms with Gasteiger partial charge < -0.3 is 5.11 Å². The monoisotopic (exact) mass is 375 g/mol. The molecule has 0 spiro atoms. The van der Waals surface area contributed by atoms with Crippen LogP contribution in [0.2, 0.25) is 0 Å². The molecule has 1 aliphatic heterocycles. The minimum absolute atomic E-state index is 0.0661. The van der Waals surface area contributed by atoms with Crippen LogP contribution in [-0.2, 0) is 9.59 Å². The van der Waals surface area contributed by atoms with E-state index in [4.69, 9.17) is 0 Å². The number of rotatable bonds is 4. The summed E-state index contributed by atoms with van der Waals surface area (Å²) in [5, 5.41) is 10.3. The van der Waals surface area contributed by atoms with Crippen LogP contribution in [-0.4, -0.2) is 16.8 Å². The maximum Gasteiger partial charge on any atom is 0.294 e. The summed E-state index contributed by atoms with van der Waals surface area (Å²) in [4.78, 5) is 26.1. The molecule has 0 saturated carbocycles. The van der Waals surface area contributed by atoms with Gasteiger partial charge >= 0.3 is 0 Å². The third-order valence-corrected chi connectivity index (χ3v) is 4.32. The molecule has 140 valence electrons. The molecular formula is C20H16F3NO3. The molecule has 7 heteroatoms. The Kier molecular flexibility index (Phi) is 4.78. The molecular weight excluding hydrogens is 359 g/mol. The van der Waals surface area contributed by atoms with Gasteiger partial charge in [0, 0.05) is 17.5 Å². The zero-order chi connectivity index (χ0) is 19.9. The van der Waals surface area contributed by atoms with E-state index in [0.29, 0.717) is 6.07 Å². The van der Waals surface area contributed by atoms with Gasteiger partial charge in [0.05, 0.1) is 17.3 Å². The molecule has 0 aliphatic carbocycles. The molecule has 1 aliphatic rings. The summed E-state index contributed by atoms with van der Waals surface area (Å²) in [6.07, 6.45) is 0. The molecule has 0 radical (unpaired) electrons. The maximum absolute atomic E-state index is 14.5. The van der Waals surface area contributed by atoms with Gasteiger partial charge in [-0.2, -0.15) is 0 Å². The van der Waals surface area contributed by atoms with E-state index in [2.05, 4.69) is 0 Å². The molecule has 1 atom stereocenters. The lowest BCUT2D eigenvalue weighted by Gasteiger charge is -2.27. The Balaban J connectivity index is 2.25. The fraction of sp³-hybridized carbons (Fsp3) is 0.200. The maximum atomic E-state index is 14.5. The summed E-state index contributed by atoms with van der Waals surface area (Å²) in [5.74, 6) is -5.66. The molecule has 27 heavy (non-hydrogen) atoms. The lowest BCUT2D eigenvalue weighted by atomic mass is 9.91. The summed E-state index contributed by atoms with van der Waals surface area (Å²) in [6.45, 7) is 3.13. The van der Waals surface area contributed by atoms with Crippen LogP contribution in [0.4, 0.5) is 18.9 Å². The van der Waals surface area contributed by atoms with Crippen molar-refractivity contribution in [2.75, 3.05) is 4.90 Å². The first-order chi connectivity index (χ1) is 12.7. The van der Waals surface area contributed by atoms with Crippen LogP contribution in [0, 0.1) is 23.4 Å². The van der Waals surface area contributed by atoms with Gasteiger partial charge in [-0.05, 0) is 18.2 Å². The number of benzene rings is 2. The highest BCUT2D eigenvalue weighted by molar-refractivity contribution is 6.16. The van der Waals surface area contributed by atoms with Crippen molar-refractivity contribution >= 4 is 17.4 Å². The predicted molar refractivity (Wildman–Crippen MR) is 92.5 cm³/mol. The highest BCUT2D eigenvalue weighted by Crippen LogP contribution is 2.42. The molecule has 0 aromatic heterocycles. The second kappa shape index (κ2) is 6.90. The van der Waals surface area contributed by atoms with Crippen molar-refractivity contribution in [2.24, 2.45) is 5.92 Å². The summed E-state index contributed by atoms with van der Waals surface area (Å²) < 4.78 is 41.9. The second-order valence-corrected chi connectivity index (χ2v) is 6.51. The number of anilines is 1. The van der Waals surface area contributed by atoms with Gasteiger partial charge in [-0.25, -0.2) is 13.2 Å². The molecule has 1 N–H and O–H groups in total. The lowest BCUT2D eigenvalue weighted by molar-refractivity contribution is -0.119. The molecule has 0 bridgehead atoms. The molecule has 0 unspecified atom stereocenters. The van der Waals surface area contributed by atoms with Crippen molar-refractivity contribution in [1.29, 1.82) is 0 Å². The van der Waals surface area contributed by atoms with Crippen LogP contribution >= 0.6 is 0 Å². The summed E-state index contributed by atoms with van der Waals surface area (Å²) >= 11 is 0. The normalized spacial score (nSPS) is 17.2. The van der Waals surface area contributed by atoms with E-state index >= 15 is 0 Å². The van der Waals surface area contributed by atoms with E-state index in [0.717, 1.165) is 23.1 Å². The average Bonchev–Trinajstić information content (AvgIpc) is 2.85. The van der Waals surface area contributed by atoms with Crippen molar-refractivity contribution < 1.29 is 27.9 Å². The van der Waals surface area contributed by atoms with Gasteiger partial charge in [0.15, 0.2) is 11.5 Å². The summed E-state index contributed by atoms with van der Waals surface area (Å²) in [7, 11) is 0. The number of carbonyl (C=O) groups is 2. The van der Waals surface area contributed by atoms with Gasteiger partial charge in [0.2, 0.25) is 0 Å². The number of amides is 1. The Hall–Kier alpha value is -3.09. The molecule has 2 aromatic carbocycles. The molecule has 1 heterocycles. The van der Waals surface area contributed by atoms with E-state index in [9.17, 15) is 27.9 Å². The number of hydrogen-bond donors (Lipinski definition) is 1. The van der Waals surface area contributed by atoms with Crippen LogP contribution in [0.15, 0.2) is 53.8 Å². The van der Waals surface area contributed by atoms with Crippen LogP contribution in [0.25, 0.3) is 0 Å². The van der Waals surface area contributed by atoms with Crippen molar-refractivity contribution in [3.63, 3.8) is 0 Å². The van der Waals surface area contributed by atoms with E-state index in [1.807, 2.05) is 0 Å². The fourth-order valence-electron chi connectivity index (χ4n) is 3.10. The Morgan fingerprint density at radius 1 is 1.07 bits per heavy atom. The number of halogens is 3. The van der Waals surface area contributed by atoms with E-state index in [1.165, 1.54) is 18.2 Å². The Bertz CT molecular complexity index is 948. The standard InChI is InChI=1S/C20H16F3NO3/c1-10(2)18(25)16-17(14-5-3-4-6-15(14)23)24(20(27)19(16)26)13-8-11(21)7-12(22)9-13/h3-10,17,26H,1-2H3/t17-/m1/s1. The minimum Gasteiger partial charge on any atom is -0.503 e. The first-order valence-electron chi connectivity index (χ1n) is 8.23. The smallest absolute Gasteiger partial charge is 0.294 e.